The van der Waals surface area contributed by atoms with Gasteiger partial charge in [-0.25, -0.2) is 4.98 Å². The van der Waals surface area contributed by atoms with Crippen molar-refractivity contribution in [3.8, 4) is 10.7 Å². The van der Waals surface area contributed by atoms with Gasteiger partial charge >= 0.3 is 0 Å². The Morgan fingerprint density at radius 1 is 1.41 bits per heavy atom. The van der Waals surface area contributed by atoms with Crippen molar-refractivity contribution in [2.24, 2.45) is 0 Å². The molecule has 0 aliphatic rings. The molecule has 3 nitrogen and oxygen atoms in total. The van der Waals surface area contributed by atoms with Gasteiger partial charge in [-0.15, -0.1) is 11.3 Å². The molecule has 2 aromatic heterocycles. The number of nitrogens with one attached hydrogen (secondary N) is 1. The molecular weight excluding hydrogens is 300 g/mol. The third-order valence-electron chi connectivity index (χ3n) is 2.34. The van der Waals surface area contributed by atoms with Crippen molar-refractivity contribution in [3.05, 3.63) is 38.0 Å². The lowest BCUT2D eigenvalue weighted by atomic mass is 9.92. The number of aromatic nitrogens is 2. The van der Waals surface area contributed by atoms with Crippen LogP contribution in [-0.4, -0.2) is 9.97 Å². The average molecular weight is 313 g/mol. The molecule has 90 valence electrons. The number of hydrogen-bond donors (Lipinski definition) is 1. The van der Waals surface area contributed by atoms with Gasteiger partial charge in [-0.1, -0.05) is 20.8 Å². The molecule has 2 aromatic rings. The zero-order valence-electron chi connectivity index (χ0n) is 9.87. The Kier molecular flexibility index (Phi) is 3.23. The molecule has 2 heterocycles. The standard InChI is InChI=1S/C12H13BrN2OS/c1-12(2,3)8-6-9(16)15-11(14-8)10-7(13)4-5-17-10/h4-6H,1-3H3,(H,14,15,16). The third-order valence-corrected chi connectivity index (χ3v) is 4.19. The van der Waals surface area contributed by atoms with Gasteiger partial charge < -0.3 is 4.98 Å². The van der Waals surface area contributed by atoms with Crippen molar-refractivity contribution >= 4 is 27.3 Å². The maximum Gasteiger partial charge on any atom is 0.251 e. The lowest BCUT2D eigenvalue weighted by Gasteiger charge is -2.17. The summed E-state index contributed by atoms with van der Waals surface area (Å²) in [5, 5.41) is 1.96. The van der Waals surface area contributed by atoms with Crippen molar-refractivity contribution in [2.75, 3.05) is 0 Å². The Bertz CT molecular complexity index is 595. The summed E-state index contributed by atoms with van der Waals surface area (Å²) in [4.78, 5) is 19.9. The van der Waals surface area contributed by atoms with Gasteiger partial charge in [0.2, 0.25) is 0 Å². The van der Waals surface area contributed by atoms with Crippen LogP contribution in [0.1, 0.15) is 26.5 Å². The summed E-state index contributed by atoms with van der Waals surface area (Å²) in [5.41, 5.74) is 0.559. The summed E-state index contributed by atoms with van der Waals surface area (Å²) in [7, 11) is 0. The monoisotopic (exact) mass is 312 g/mol. The largest absolute Gasteiger partial charge is 0.306 e. The zero-order valence-corrected chi connectivity index (χ0v) is 12.3. The molecule has 5 heteroatoms. The molecule has 0 saturated carbocycles. The number of rotatable bonds is 1. The van der Waals surface area contributed by atoms with Gasteiger partial charge in [-0.05, 0) is 27.4 Å². The molecule has 0 radical (unpaired) electrons. The van der Waals surface area contributed by atoms with E-state index in [4.69, 9.17) is 0 Å². The van der Waals surface area contributed by atoms with Gasteiger partial charge in [0, 0.05) is 16.0 Å². The molecule has 0 fully saturated rings. The lowest BCUT2D eigenvalue weighted by Crippen LogP contribution is -2.19. The minimum Gasteiger partial charge on any atom is -0.306 e. The lowest BCUT2D eigenvalue weighted by molar-refractivity contribution is 0.566. The van der Waals surface area contributed by atoms with Gasteiger partial charge in [0.25, 0.3) is 5.56 Å². The van der Waals surface area contributed by atoms with Gasteiger partial charge in [-0.3, -0.25) is 4.79 Å². The highest BCUT2D eigenvalue weighted by Gasteiger charge is 2.18. The van der Waals surface area contributed by atoms with Gasteiger partial charge in [-0.2, -0.15) is 0 Å². The number of nitrogens with zero attached hydrogens (tertiary/aromatic N) is 1. The number of aromatic amines is 1. The van der Waals surface area contributed by atoms with Crippen molar-refractivity contribution in [2.45, 2.75) is 26.2 Å². The molecule has 0 aromatic carbocycles. The fourth-order valence-electron chi connectivity index (χ4n) is 1.41. The van der Waals surface area contributed by atoms with E-state index in [0.29, 0.717) is 5.82 Å². The first-order chi connectivity index (χ1) is 7.88. The summed E-state index contributed by atoms with van der Waals surface area (Å²) in [6.45, 7) is 6.13. The zero-order chi connectivity index (χ0) is 12.6. The Morgan fingerprint density at radius 2 is 2.12 bits per heavy atom. The molecule has 0 spiro atoms. The van der Waals surface area contributed by atoms with Crippen LogP contribution in [-0.2, 0) is 5.41 Å². The van der Waals surface area contributed by atoms with E-state index in [9.17, 15) is 4.79 Å². The summed E-state index contributed by atoms with van der Waals surface area (Å²) in [5.74, 6) is 0.629. The van der Waals surface area contributed by atoms with Crippen LogP contribution in [0.4, 0.5) is 0 Å². The van der Waals surface area contributed by atoms with Crippen LogP contribution < -0.4 is 5.56 Å². The molecule has 2 rings (SSSR count). The van der Waals surface area contributed by atoms with E-state index in [1.54, 1.807) is 17.4 Å². The number of H-pyrrole nitrogens is 1. The Balaban J connectivity index is 2.61. The minimum atomic E-state index is -0.132. The van der Waals surface area contributed by atoms with Crippen LogP contribution in [0, 0.1) is 0 Å². The van der Waals surface area contributed by atoms with E-state index in [1.807, 2.05) is 32.2 Å². The van der Waals surface area contributed by atoms with Crippen molar-refractivity contribution in [1.29, 1.82) is 0 Å². The molecule has 0 aliphatic carbocycles. The minimum absolute atomic E-state index is 0.111. The molecular formula is C12H13BrN2OS. The fourth-order valence-corrected chi connectivity index (χ4v) is 2.92. The van der Waals surface area contributed by atoms with E-state index in [2.05, 4.69) is 25.9 Å². The molecule has 0 saturated heterocycles. The molecule has 1 N–H and O–H groups in total. The molecule has 0 bridgehead atoms. The maximum absolute atomic E-state index is 11.7. The van der Waals surface area contributed by atoms with Crippen molar-refractivity contribution in [1.82, 2.24) is 9.97 Å². The summed E-state index contributed by atoms with van der Waals surface area (Å²) < 4.78 is 0.955. The highest BCUT2D eigenvalue weighted by molar-refractivity contribution is 9.10. The molecule has 0 aliphatic heterocycles. The molecule has 0 amide bonds. The van der Waals surface area contributed by atoms with Crippen LogP contribution in [0.5, 0.6) is 0 Å². The Morgan fingerprint density at radius 3 is 2.65 bits per heavy atom. The first kappa shape index (κ1) is 12.5. The van der Waals surface area contributed by atoms with Crippen LogP contribution in [0.3, 0.4) is 0 Å². The van der Waals surface area contributed by atoms with Gasteiger partial charge in [0.05, 0.1) is 10.6 Å². The van der Waals surface area contributed by atoms with Crippen LogP contribution in [0.15, 0.2) is 26.8 Å². The van der Waals surface area contributed by atoms with Crippen molar-refractivity contribution < 1.29 is 0 Å². The van der Waals surface area contributed by atoms with E-state index >= 15 is 0 Å². The van der Waals surface area contributed by atoms with Crippen LogP contribution in [0.25, 0.3) is 10.7 Å². The van der Waals surface area contributed by atoms with E-state index in [0.717, 1.165) is 15.0 Å². The topological polar surface area (TPSA) is 45.8 Å². The van der Waals surface area contributed by atoms with Crippen LogP contribution in [0.2, 0.25) is 0 Å². The average Bonchev–Trinajstić information content (AvgIpc) is 2.62. The molecule has 0 atom stereocenters. The van der Waals surface area contributed by atoms with E-state index in [-0.39, 0.29) is 11.0 Å². The third kappa shape index (κ3) is 2.66. The van der Waals surface area contributed by atoms with Gasteiger partial charge in [0.15, 0.2) is 5.82 Å². The predicted molar refractivity (Wildman–Crippen MR) is 74.6 cm³/mol. The van der Waals surface area contributed by atoms with Crippen molar-refractivity contribution in [3.63, 3.8) is 0 Å². The molecule has 17 heavy (non-hydrogen) atoms. The second kappa shape index (κ2) is 4.38. The highest BCUT2D eigenvalue weighted by Crippen LogP contribution is 2.31. The first-order valence-electron chi connectivity index (χ1n) is 5.23. The first-order valence-corrected chi connectivity index (χ1v) is 6.90. The number of halogens is 1. The predicted octanol–water partition coefficient (Wildman–Crippen LogP) is 3.56. The normalized spacial score (nSPS) is 11.8. The summed E-state index contributed by atoms with van der Waals surface area (Å²) in [6, 6.07) is 3.51. The van der Waals surface area contributed by atoms with E-state index < -0.39 is 0 Å². The van der Waals surface area contributed by atoms with Crippen LogP contribution >= 0.6 is 27.3 Å². The molecule has 0 unspecified atom stereocenters. The highest BCUT2D eigenvalue weighted by atomic mass is 79.9. The maximum atomic E-state index is 11.7. The van der Waals surface area contributed by atoms with E-state index in [1.165, 1.54) is 0 Å². The Hall–Kier alpha value is -0.940. The Labute approximate surface area is 112 Å². The second-order valence-electron chi connectivity index (χ2n) is 4.83. The number of hydrogen-bond acceptors (Lipinski definition) is 3. The van der Waals surface area contributed by atoms with Gasteiger partial charge in [0.1, 0.15) is 0 Å². The summed E-state index contributed by atoms with van der Waals surface area (Å²) >= 11 is 5.00. The number of thiophene rings is 1. The summed E-state index contributed by atoms with van der Waals surface area (Å²) in [6.07, 6.45) is 0. The smallest absolute Gasteiger partial charge is 0.251 e. The quantitative estimate of drug-likeness (QED) is 0.875. The SMILES string of the molecule is CC(C)(C)c1cc(=O)[nH]c(-c2sccc2Br)n1. The fraction of sp³-hybridized carbons (Fsp3) is 0.333. The second-order valence-corrected chi connectivity index (χ2v) is 6.60.